The van der Waals surface area contributed by atoms with E-state index in [0.717, 1.165) is 9.87 Å². The fourth-order valence-corrected chi connectivity index (χ4v) is 2.91. The molecule has 0 spiro atoms. The normalized spacial score (nSPS) is 12.8. The number of carboxylic acids is 1. The lowest BCUT2D eigenvalue weighted by Gasteiger charge is -2.08. The third-order valence-corrected chi connectivity index (χ3v) is 5.40. The van der Waals surface area contributed by atoms with Crippen LogP contribution in [-0.4, -0.2) is 43.8 Å². The fourth-order valence-electron chi connectivity index (χ4n) is 2.12. The van der Waals surface area contributed by atoms with E-state index in [0.29, 0.717) is 12.1 Å². The highest BCUT2D eigenvalue weighted by Crippen LogP contribution is 2.19. The Balaban J connectivity index is 2.06. The lowest BCUT2D eigenvalue weighted by molar-refractivity contribution is -0.141. The van der Waals surface area contributed by atoms with Crippen LogP contribution in [0.4, 0.5) is 5.69 Å². The minimum absolute atomic E-state index is 0.131. The summed E-state index contributed by atoms with van der Waals surface area (Å²) < 4.78 is 30.0. The number of carbonyl (C=O) groups is 2. The Labute approximate surface area is 151 Å². The first-order chi connectivity index (χ1) is 12.1. The van der Waals surface area contributed by atoms with E-state index in [1.807, 2.05) is 0 Å². The van der Waals surface area contributed by atoms with Gasteiger partial charge >= 0.3 is 5.97 Å². The van der Waals surface area contributed by atoms with Crippen molar-refractivity contribution in [2.45, 2.75) is 18.4 Å². The van der Waals surface area contributed by atoms with E-state index in [4.69, 9.17) is 9.52 Å². The Hall–Kier alpha value is -2.65. The molecule has 9 heteroatoms. The van der Waals surface area contributed by atoms with Crippen molar-refractivity contribution < 1.29 is 27.5 Å². The van der Waals surface area contributed by atoms with Crippen LogP contribution in [0.2, 0.25) is 0 Å². The first-order valence-corrected chi connectivity index (χ1v) is 9.20. The first-order valence-electron chi connectivity index (χ1n) is 7.76. The van der Waals surface area contributed by atoms with E-state index in [1.165, 1.54) is 26.2 Å². The number of nitrogens with zero attached hydrogens (tertiary/aromatic N) is 1. The average Bonchev–Trinajstić information content (AvgIpc) is 3.07. The Bertz CT molecular complexity index is 900. The highest BCUT2D eigenvalue weighted by molar-refractivity contribution is 7.88. The third kappa shape index (κ3) is 4.50. The maximum absolute atomic E-state index is 12.2. The third-order valence-electron chi connectivity index (χ3n) is 3.72. The molecule has 0 saturated heterocycles. The summed E-state index contributed by atoms with van der Waals surface area (Å²) in [7, 11) is -1.02. The monoisotopic (exact) mass is 380 g/mol. The predicted molar refractivity (Wildman–Crippen MR) is 94.5 cm³/mol. The predicted octanol–water partition coefficient (Wildman–Crippen LogP) is 2.05. The van der Waals surface area contributed by atoms with Crippen molar-refractivity contribution in [3.63, 3.8) is 0 Å². The Morgan fingerprint density at radius 2 is 1.77 bits per heavy atom. The molecule has 0 saturated carbocycles. The van der Waals surface area contributed by atoms with E-state index in [2.05, 4.69) is 5.32 Å². The molecule has 8 nitrogen and oxygen atoms in total. The minimum Gasteiger partial charge on any atom is -0.481 e. The number of hydrogen-bond acceptors (Lipinski definition) is 5. The van der Waals surface area contributed by atoms with Crippen molar-refractivity contribution in [3.05, 3.63) is 47.7 Å². The van der Waals surface area contributed by atoms with E-state index in [9.17, 15) is 18.0 Å². The van der Waals surface area contributed by atoms with Gasteiger partial charge in [-0.25, -0.2) is 12.7 Å². The quantitative estimate of drug-likeness (QED) is 0.759. The van der Waals surface area contributed by atoms with Gasteiger partial charge in [0.25, 0.3) is 15.9 Å². The number of rotatable bonds is 7. The van der Waals surface area contributed by atoms with Crippen molar-refractivity contribution in [2.75, 3.05) is 19.4 Å². The summed E-state index contributed by atoms with van der Waals surface area (Å²) in [6.45, 7) is 1.62. The van der Waals surface area contributed by atoms with Crippen LogP contribution >= 0.6 is 0 Å². The summed E-state index contributed by atoms with van der Waals surface area (Å²) in [6.07, 6.45) is 0.382. The fraction of sp³-hybridized carbons (Fsp3) is 0.294. The van der Waals surface area contributed by atoms with Gasteiger partial charge in [0.2, 0.25) is 5.09 Å². The molecule has 0 fully saturated rings. The topological polar surface area (TPSA) is 117 Å². The number of anilines is 1. The summed E-state index contributed by atoms with van der Waals surface area (Å²) in [4.78, 5) is 23.1. The molecular weight excluding hydrogens is 360 g/mol. The molecule has 0 aliphatic heterocycles. The lowest BCUT2D eigenvalue weighted by Crippen LogP contribution is -2.21. The highest BCUT2D eigenvalue weighted by atomic mass is 32.2. The molecule has 1 amide bonds. The van der Waals surface area contributed by atoms with Crippen LogP contribution in [0.3, 0.4) is 0 Å². The lowest BCUT2D eigenvalue weighted by atomic mass is 10.0. The van der Waals surface area contributed by atoms with Crippen molar-refractivity contribution >= 4 is 27.6 Å². The molecule has 1 atom stereocenters. The largest absolute Gasteiger partial charge is 0.481 e. The molecule has 0 radical (unpaired) electrons. The summed E-state index contributed by atoms with van der Waals surface area (Å²) in [5, 5.41) is 11.2. The molecule has 0 aliphatic rings. The second kappa shape index (κ2) is 7.71. The van der Waals surface area contributed by atoms with Crippen LogP contribution in [0.1, 0.15) is 23.0 Å². The highest BCUT2D eigenvalue weighted by Gasteiger charge is 2.23. The van der Waals surface area contributed by atoms with E-state index in [-0.39, 0.29) is 10.9 Å². The van der Waals surface area contributed by atoms with Crippen LogP contribution in [0, 0.1) is 5.92 Å². The zero-order chi connectivity index (χ0) is 19.5. The number of furan rings is 1. The molecule has 2 N–H and O–H groups in total. The van der Waals surface area contributed by atoms with Gasteiger partial charge < -0.3 is 14.8 Å². The van der Waals surface area contributed by atoms with E-state index < -0.39 is 27.8 Å². The molecule has 26 heavy (non-hydrogen) atoms. The summed E-state index contributed by atoms with van der Waals surface area (Å²) in [5.74, 6) is -2.09. The Morgan fingerprint density at radius 1 is 1.15 bits per heavy atom. The average molecular weight is 380 g/mol. The first kappa shape index (κ1) is 19.7. The van der Waals surface area contributed by atoms with Crippen LogP contribution in [0.15, 0.2) is 45.9 Å². The van der Waals surface area contributed by atoms with Gasteiger partial charge in [0.15, 0.2) is 5.76 Å². The molecule has 1 aromatic carbocycles. The molecule has 1 heterocycles. The van der Waals surface area contributed by atoms with Gasteiger partial charge in [0.1, 0.15) is 0 Å². The van der Waals surface area contributed by atoms with Gasteiger partial charge in [-0.1, -0.05) is 19.1 Å². The second-order valence-electron chi connectivity index (χ2n) is 6.00. The number of amides is 1. The standard InChI is InChI=1S/C17H20N2O6S/c1-11(17(21)22)10-12-4-6-13(7-5-12)18-16(20)14-8-9-15(25-14)26(23,24)19(2)3/h4-9,11H,10H2,1-3H3,(H,18,20)(H,21,22). The van der Waals surface area contributed by atoms with Crippen molar-refractivity contribution in [1.29, 1.82) is 0 Å². The second-order valence-corrected chi connectivity index (χ2v) is 8.08. The number of hydrogen-bond donors (Lipinski definition) is 2. The van der Waals surface area contributed by atoms with Gasteiger partial charge in [0, 0.05) is 19.8 Å². The van der Waals surface area contributed by atoms with Crippen LogP contribution < -0.4 is 5.32 Å². The van der Waals surface area contributed by atoms with Crippen LogP contribution in [0.25, 0.3) is 0 Å². The molecule has 2 aromatic rings. The van der Waals surface area contributed by atoms with Crippen LogP contribution in [0.5, 0.6) is 0 Å². The molecular formula is C17H20N2O6S. The summed E-state index contributed by atoms with van der Waals surface area (Å²) >= 11 is 0. The van der Waals surface area contributed by atoms with Gasteiger partial charge in [0.05, 0.1) is 5.92 Å². The number of aliphatic carboxylic acids is 1. The van der Waals surface area contributed by atoms with E-state index in [1.54, 1.807) is 31.2 Å². The van der Waals surface area contributed by atoms with Crippen LogP contribution in [-0.2, 0) is 21.2 Å². The number of nitrogens with one attached hydrogen (secondary N) is 1. The Kier molecular flexibility index (Phi) is 5.83. The molecule has 0 aliphatic carbocycles. The molecule has 1 unspecified atom stereocenters. The van der Waals surface area contributed by atoms with Gasteiger partial charge in [-0.2, -0.15) is 0 Å². The van der Waals surface area contributed by atoms with E-state index >= 15 is 0 Å². The minimum atomic E-state index is -3.75. The van der Waals surface area contributed by atoms with Gasteiger partial charge in [-0.15, -0.1) is 0 Å². The molecule has 0 bridgehead atoms. The van der Waals surface area contributed by atoms with Crippen molar-refractivity contribution in [1.82, 2.24) is 4.31 Å². The number of carbonyl (C=O) groups excluding carboxylic acids is 1. The molecule has 2 rings (SSSR count). The summed E-state index contributed by atoms with van der Waals surface area (Å²) in [5.41, 5.74) is 1.31. The zero-order valence-corrected chi connectivity index (χ0v) is 15.4. The van der Waals surface area contributed by atoms with Gasteiger partial charge in [-0.05, 0) is 36.2 Å². The maximum Gasteiger partial charge on any atom is 0.306 e. The maximum atomic E-state index is 12.2. The molecule has 140 valence electrons. The zero-order valence-electron chi connectivity index (χ0n) is 14.6. The number of carboxylic acid groups (broad SMARTS) is 1. The van der Waals surface area contributed by atoms with Crippen molar-refractivity contribution in [3.8, 4) is 0 Å². The smallest absolute Gasteiger partial charge is 0.306 e. The molecule has 1 aromatic heterocycles. The van der Waals surface area contributed by atoms with Gasteiger partial charge in [-0.3, -0.25) is 9.59 Å². The SMILES string of the molecule is CC(Cc1ccc(NC(=O)c2ccc(S(=O)(=O)N(C)C)o2)cc1)C(=O)O. The Morgan fingerprint density at radius 3 is 2.31 bits per heavy atom. The number of sulfonamides is 1. The van der Waals surface area contributed by atoms with Crippen molar-refractivity contribution in [2.24, 2.45) is 5.92 Å². The number of benzene rings is 1. The summed E-state index contributed by atoms with van der Waals surface area (Å²) in [6, 6.07) is 9.23.